The normalized spacial score (nSPS) is 20.6. The molecular weight excluding hydrogens is 250 g/mol. The third-order valence-corrected chi connectivity index (χ3v) is 4.51. The monoisotopic (exact) mass is 273 g/mol. The van der Waals surface area contributed by atoms with E-state index in [0.29, 0.717) is 6.04 Å². The first kappa shape index (κ1) is 13.6. The first-order valence-corrected chi connectivity index (χ1v) is 7.53. The van der Waals surface area contributed by atoms with Gasteiger partial charge in [-0.25, -0.2) is 4.98 Å². The molecule has 0 radical (unpaired) electrons. The summed E-state index contributed by atoms with van der Waals surface area (Å²) in [5.41, 5.74) is 1.97. The molecule has 0 aromatic carbocycles. The maximum Gasteiger partial charge on any atom is 0.140 e. The molecule has 3 rings (SSSR count). The van der Waals surface area contributed by atoms with Crippen molar-refractivity contribution in [1.82, 2.24) is 14.5 Å². The smallest absolute Gasteiger partial charge is 0.140 e. The summed E-state index contributed by atoms with van der Waals surface area (Å²) < 4.78 is 2.20. The third-order valence-electron chi connectivity index (χ3n) is 4.51. The fraction of sp³-hybridized carbons (Fsp3) is 0.562. The summed E-state index contributed by atoms with van der Waals surface area (Å²) >= 11 is 0. The van der Waals surface area contributed by atoms with Gasteiger partial charge in [0.1, 0.15) is 5.65 Å². The Bertz CT molecular complexity index is 578. The molecule has 1 fully saturated rings. The van der Waals surface area contributed by atoms with E-state index < -0.39 is 0 Å². The second-order valence-corrected chi connectivity index (χ2v) is 5.80. The van der Waals surface area contributed by atoms with Crippen LogP contribution in [0.3, 0.4) is 0 Å². The van der Waals surface area contributed by atoms with E-state index in [0.717, 1.165) is 29.6 Å². The number of hydrogen-bond donors (Lipinski definition) is 1. The van der Waals surface area contributed by atoms with Crippen LogP contribution < -0.4 is 0 Å². The Morgan fingerprint density at radius 3 is 3.10 bits per heavy atom. The van der Waals surface area contributed by atoms with Crippen LogP contribution in [0.25, 0.3) is 11.0 Å². The number of nitrogens with zero attached hydrogens (tertiary/aromatic N) is 3. The van der Waals surface area contributed by atoms with E-state index in [2.05, 4.69) is 27.7 Å². The molecule has 108 valence electrons. The lowest BCUT2D eigenvalue weighted by atomic mass is 10.0. The molecule has 1 saturated heterocycles. The number of hydrogen-bond acceptors (Lipinski definition) is 3. The molecule has 0 saturated carbocycles. The lowest BCUT2D eigenvalue weighted by Crippen LogP contribution is -2.36. The Labute approximate surface area is 120 Å². The highest BCUT2D eigenvalue weighted by molar-refractivity contribution is 5.80. The van der Waals surface area contributed by atoms with Crippen LogP contribution in [0, 0.1) is 0 Å². The van der Waals surface area contributed by atoms with Crippen LogP contribution in [0.2, 0.25) is 0 Å². The molecule has 2 aromatic rings. The summed E-state index contributed by atoms with van der Waals surface area (Å²) in [5.74, 6) is 0. The molecular formula is C16H23N3O. The molecule has 3 heterocycles. The van der Waals surface area contributed by atoms with E-state index in [1.54, 1.807) is 0 Å². The Kier molecular flexibility index (Phi) is 4.03. The average Bonchev–Trinajstić information content (AvgIpc) is 2.85. The van der Waals surface area contributed by atoms with Gasteiger partial charge in [-0.2, -0.15) is 0 Å². The largest absolute Gasteiger partial charge is 0.392 e. The van der Waals surface area contributed by atoms with Gasteiger partial charge in [-0.05, 0) is 45.0 Å². The van der Waals surface area contributed by atoms with Crippen LogP contribution in [0.15, 0.2) is 24.5 Å². The van der Waals surface area contributed by atoms with Gasteiger partial charge in [0, 0.05) is 35.9 Å². The predicted octanol–water partition coefficient (Wildman–Crippen LogP) is 2.40. The van der Waals surface area contributed by atoms with E-state index in [-0.39, 0.29) is 6.61 Å². The van der Waals surface area contributed by atoms with Crippen molar-refractivity contribution in [2.75, 3.05) is 13.6 Å². The molecule has 2 aromatic heterocycles. The number of fused-ring (bicyclic) bond motifs is 1. The zero-order valence-electron chi connectivity index (χ0n) is 12.1. The van der Waals surface area contributed by atoms with Gasteiger partial charge >= 0.3 is 0 Å². The zero-order valence-corrected chi connectivity index (χ0v) is 12.1. The summed E-state index contributed by atoms with van der Waals surface area (Å²) in [6, 6.07) is 4.65. The fourth-order valence-corrected chi connectivity index (χ4v) is 3.29. The lowest BCUT2D eigenvalue weighted by Gasteiger charge is -2.32. The molecule has 0 amide bonds. The molecule has 1 N–H and O–H groups in total. The van der Waals surface area contributed by atoms with Crippen LogP contribution in [0.1, 0.15) is 31.2 Å². The molecule has 4 heteroatoms. The number of aromatic nitrogens is 2. The summed E-state index contributed by atoms with van der Waals surface area (Å²) in [4.78, 5) is 6.95. The molecule has 1 unspecified atom stereocenters. The summed E-state index contributed by atoms with van der Waals surface area (Å²) in [7, 11) is 2.23. The first-order chi connectivity index (χ1) is 9.79. The van der Waals surface area contributed by atoms with E-state index in [1.807, 2.05) is 18.3 Å². The molecule has 0 spiro atoms. The first-order valence-electron chi connectivity index (χ1n) is 7.53. The fourth-order valence-electron chi connectivity index (χ4n) is 3.29. The van der Waals surface area contributed by atoms with Crippen LogP contribution in [-0.2, 0) is 13.2 Å². The summed E-state index contributed by atoms with van der Waals surface area (Å²) in [6.45, 7) is 2.28. The van der Waals surface area contributed by atoms with Gasteiger partial charge in [0.05, 0.1) is 6.61 Å². The predicted molar refractivity (Wildman–Crippen MR) is 80.5 cm³/mol. The number of pyridine rings is 1. The Hall–Kier alpha value is -1.39. The maximum absolute atomic E-state index is 9.46. The summed E-state index contributed by atoms with van der Waals surface area (Å²) in [6.07, 6.45) is 9.02. The third kappa shape index (κ3) is 2.58. The topological polar surface area (TPSA) is 41.3 Å². The van der Waals surface area contributed by atoms with Gasteiger partial charge in [-0.15, -0.1) is 0 Å². The van der Waals surface area contributed by atoms with E-state index in [9.17, 15) is 5.11 Å². The number of rotatable bonds is 4. The van der Waals surface area contributed by atoms with E-state index >= 15 is 0 Å². The Balaban J connectivity index is 1.77. The summed E-state index contributed by atoms with van der Waals surface area (Å²) in [5, 5.41) is 10.5. The van der Waals surface area contributed by atoms with Crippen molar-refractivity contribution >= 4 is 11.0 Å². The SMILES string of the molecule is CN1CCCCC1CCn1cc(CO)c2cccnc21. The van der Waals surface area contributed by atoms with Crippen LogP contribution in [0.4, 0.5) is 0 Å². The van der Waals surface area contributed by atoms with Crippen molar-refractivity contribution in [3.8, 4) is 0 Å². The van der Waals surface area contributed by atoms with Gasteiger partial charge in [-0.3, -0.25) is 0 Å². The van der Waals surface area contributed by atoms with Gasteiger partial charge in [0.25, 0.3) is 0 Å². The molecule has 0 aliphatic carbocycles. The quantitative estimate of drug-likeness (QED) is 0.930. The average molecular weight is 273 g/mol. The number of piperidine rings is 1. The number of likely N-dealkylation sites (tertiary alicyclic amines) is 1. The van der Waals surface area contributed by atoms with Crippen molar-refractivity contribution in [2.45, 2.75) is 44.9 Å². The minimum absolute atomic E-state index is 0.0819. The molecule has 4 nitrogen and oxygen atoms in total. The second-order valence-electron chi connectivity index (χ2n) is 5.80. The Morgan fingerprint density at radius 1 is 1.40 bits per heavy atom. The van der Waals surface area contributed by atoms with Crippen molar-refractivity contribution < 1.29 is 5.11 Å². The van der Waals surface area contributed by atoms with Crippen molar-refractivity contribution in [2.24, 2.45) is 0 Å². The van der Waals surface area contributed by atoms with Crippen molar-refractivity contribution in [3.05, 3.63) is 30.1 Å². The zero-order chi connectivity index (χ0) is 13.9. The van der Waals surface area contributed by atoms with Gasteiger partial charge in [0.2, 0.25) is 0 Å². The van der Waals surface area contributed by atoms with E-state index in [4.69, 9.17) is 0 Å². The number of aryl methyl sites for hydroxylation is 1. The van der Waals surface area contributed by atoms with Crippen molar-refractivity contribution in [3.63, 3.8) is 0 Å². The highest BCUT2D eigenvalue weighted by Crippen LogP contribution is 2.22. The minimum atomic E-state index is 0.0819. The van der Waals surface area contributed by atoms with Gasteiger partial charge in [0.15, 0.2) is 0 Å². The van der Waals surface area contributed by atoms with E-state index in [1.165, 1.54) is 25.8 Å². The molecule has 1 aliphatic rings. The minimum Gasteiger partial charge on any atom is -0.392 e. The van der Waals surface area contributed by atoms with Crippen LogP contribution in [-0.4, -0.2) is 39.2 Å². The Morgan fingerprint density at radius 2 is 2.30 bits per heavy atom. The van der Waals surface area contributed by atoms with Crippen LogP contribution in [0.5, 0.6) is 0 Å². The van der Waals surface area contributed by atoms with Crippen molar-refractivity contribution in [1.29, 1.82) is 0 Å². The number of aliphatic hydroxyl groups is 1. The highest BCUT2D eigenvalue weighted by Gasteiger charge is 2.19. The van der Waals surface area contributed by atoms with Gasteiger partial charge in [-0.1, -0.05) is 6.42 Å². The van der Waals surface area contributed by atoms with Crippen LogP contribution >= 0.6 is 0 Å². The molecule has 1 aliphatic heterocycles. The molecule has 20 heavy (non-hydrogen) atoms. The van der Waals surface area contributed by atoms with Gasteiger partial charge < -0.3 is 14.6 Å². The standard InChI is InChI=1S/C16H23N3O/c1-18-9-3-2-5-14(18)7-10-19-11-13(12-20)15-6-4-8-17-16(15)19/h4,6,8,11,14,20H,2-3,5,7,9-10,12H2,1H3. The number of aliphatic hydroxyl groups excluding tert-OH is 1. The maximum atomic E-state index is 9.46. The second kappa shape index (κ2) is 5.94. The highest BCUT2D eigenvalue weighted by atomic mass is 16.3. The lowest BCUT2D eigenvalue weighted by molar-refractivity contribution is 0.171. The molecule has 0 bridgehead atoms. The molecule has 1 atom stereocenters.